The van der Waals surface area contributed by atoms with Crippen LogP contribution in [0.15, 0.2) is 23.1 Å². The van der Waals surface area contributed by atoms with E-state index in [2.05, 4.69) is 0 Å². The number of nitrogens with zero attached hydrogens (tertiary/aromatic N) is 1. The van der Waals surface area contributed by atoms with Crippen LogP contribution in [0.25, 0.3) is 0 Å². The summed E-state index contributed by atoms with van der Waals surface area (Å²) in [7, 11) is -3.75. The predicted molar refractivity (Wildman–Crippen MR) is 84.6 cm³/mol. The van der Waals surface area contributed by atoms with Gasteiger partial charge in [-0.05, 0) is 19.1 Å². The molecule has 1 amide bonds. The molecule has 1 saturated heterocycles. The number of hydrogen-bond acceptors (Lipinski definition) is 3. The van der Waals surface area contributed by atoms with E-state index in [-0.39, 0.29) is 40.0 Å². The van der Waals surface area contributed by atoms with E-state index in [9.17, 15) is 13.2 Å². The topological polar surface area (TPSA) is 84.9 Å². The third-order valence-corrected chi connectivity index (χ3v) is 6.78. The molecule has 0 bridgehead atoms. The number of sulfonamides is 1. The number of piperazine rings is 1. The molecular weight excluding hydrogens is 349 g/mol. The summed E-state index contributed by atoms with van der Waals surface area (Å²) in [5.41, 5.74) is 5.29. The van der Waals surface area contributed by atoms with Crippen molar-refractivity contribution in [2.24, 2.45) is 5.73 Å². The van der Waals surface area contributed by atoms with E-state index in [0.29, 0.717) is 13.1 Å². The molecule has 6 nitrogen and oxygen atoms in total. The molecular formula is C13H18Cl2N3O3S+. The summed E-state index contributed by atoms with van der Waals surface area (Å²) in [6, 6.07) is 4.25. The van der Waals surface area contributed by atoms with Crippen LogP contribution in [0.5, 0.6) is 0 Å². The van der Waals surface area contributed by atoms with Gasteiger partial charge in [-0.15, -0.1) is 0 Å². The number of hydrogen-bond donors (Lipinski definition) is 2. The minimum absolute atomic E-state index is 0.0651. The van der Waals surface area contributed by atoms with Crippen molar-refractivity contribution in [1.82, 2.24) is 4.31 Å². The number of halogens is 2. The van der Waals surface area contributed by atoms with Crippen molar-refractivity contribution >= 4 is 39.1 Å². The second kappa shape index (κ2) is 6.72. The number of primary amides is 1. The van der Waals surface area contributed by atoms with E-state index in [1.165, 1.54) is 16.4 Å². The van der Waals surface area contributed by atoms with Crippen LogP contribution in [-0.4, -0.2) is 50.9 Å². The summed E-state index contributed by atoms with van der Waals surface area (Å²) in [5, 5.41) is 0.209. The molecule has 3 N–H and O–H groups in total. The molecule has 1 fully saturated rings. The smallest absolute Gasteiger partial charge is 0.275 e. The SMILES string of the molecule is C[C@H](C(N)=O)[NH+]1CCN(S(=O)(=O)c2c(Cl)cccc2Cl)CC1. The number of carbonyl (C=O) groups is 1. The minimum atomic E-state index is -3.75. The molecule has 1 aliphatic heterocycles. The zero-order valence-electron chi connectivity index (χ0n) is 12.1. The highest BCUT2D eigenvalue weighted by Gasteiger charge is 2.35. The Balaban J connectivity index is 2.19. The van der Waals surface area contributed by atoms with Gasteiger partial charge in [-0.3, -0.25) is 4.79 Å². The summed E-state index contributed by atoms with van der Waals surface area (Å²) in [6.45, 7) is 3.33. The van der Waals surface area contributed by atoms with E-state index < -0.39 is 10.0 Å². The van der Waals surface area contributed by atoms with Crippen LogP contribution in [0.4, 0.5) is 0 Å². The van der Waals surface area contributed by atoms with Gasteiger partial charge >= 0.3 is 0 Å². The summed E-state index contributed by atoms with van der Waals surface area (Å²) in [5.74, 6) is -0.388. The number of amides is 1. The molecule has 0 unspecified atom stereocenters. The highest BCUT2D eigenvalue weighted by atomic mass is 35.5. The fourth-order valence-corrected chi connectivity index (χ4v) is 5.04. The van der Waals surface area contributed by atoms with Gasteiger partial charge in [-0.2, -0.15) is 4.31 Å². The highest BCUT2D eigenvalue weighted by molar-refractivity contribution is 7.89. The third-order valence-electron chi connectivity index (χ3n) is 3.92. The predicted octanol–water partition coefficient (Wildman–Crippen LogP) is -0.244. The molecule has 0 spiro atoms. The van der Waals surface area contributed by atoms with Gasteiger partial charge in [0.1, 0.15) is 4.90 Å². The molecule has 122 valence electrons. The van der Waals surface area contributed by atoms with Crippen molar-refractivity contribution in [2.45, 2.75) is 17.9 Å². The van der Waals surface area contributed by atoms with Crippen molar-refractivity contribution in [2.75, 3.05) is 26.2 Å². The first-order valence-electron chi connectivity index (χ1n) is 6.83. The molecule has 9 heteroatoms. The van der Waals surface area contributed by atoms with Gasteiger partial charge in [-0.25, -0.2) is 8.42 Å². The van der Waals surface area contributed by atoms with Crippen LogP contribution in [0.1, 0.15) is 6.92 Å². The lowest BCUT2D eigenvalue weighted by Crippen LogP contribution is -3.19. The lowest BCUT2D eigenvalue weighted by atomic mass is 10.2. The maximum absolute atomic E-state index is 12.7. The molecule has 1 aromatic carbocycles. The number of nitrogens with two attached hydrogens (primary N) is 1. The Labute approximate surface area is 139 Å². The molecule has 2 rings (SSSR count). The van der Waals surface area contributed by atoms with Crippen LogP contribution in [0.2, 0.25) is 10.0 Å². The van der Waals surface area contributed by atoms with Gasteiger partial charge in [0.05, 0.1) is 36.2 Å². The summed E-state index contributed by atoms with van der Waals surface area (Å²) in [6.07, 6.45) is 0. The van der Waals surface area contributed by atoms with Gasteiger partial charge in [0.2, 0.25) is 10.0 Å². The van der Waals surface area contributed by atoms with E-state index in [4.69, 9.17) is 28.9 Å². The van der Waals surface area contributed by atoms with Gasteiger partial charge in [0.15, 0.2) is 6.04 Å². The Morgan fingerprint density at radius 1 is 1.27 bits per heavy atom. The fraction of sp³-hybridized carbons (Fsp3) is 0.462. The quantitative estimate of drug-likeness (QED) is 0.770. The molecule has 0 aliphatic carbocycles. The number of nitrogens with one attached hydrogen (secondary N) is 1. The first-order chi connectivity index (χ1) is 10.2. The Hall–Kier alpha value is -0.860. The Morgan fingerprint density at radius 3 is 2.23 bits per heavy atom. The zero-order chi connectivity index (χ0) is 16.5. The summed E-state index contributed by atoms with van der Waals surface area (Å²) < 4.78 is 26.7. The van der Waals surface area contributed by atoms with Gasteiger partial charge in [0.25, 0.3) is 5.91 Å². The Kier molecular flexibility index (Phi) is 5.34. The van der Waals surface area contributed by atoms with Crippen molar-refractivity contribution in [3.63, 3.8) is 0 Å². The molecule has 0 aromatic heterocycles. The highest BCUT2D eigenvalue weighted by Crippen LogP contribution is 2.31. The van der Waals surface area contributed by atoms with Crippen LogP contribution in [0, 0.1) is 0 Å². The van der Waals surface area contributed by atoms with E-state index >= 15 is 0 Å². The number of benzene rings is 1. The van der Waals surface area contributed by atoms with E-state index in [1.54, 1.807) is 13.0 Å². The first kappa shape index (κ1) is 17.5. The first-order valence-corrected chi connectivity index (χ1v) is 9.03. The number of rotatable bonds is 4. The molecule has 1 aromatic rings. The van der Waals surface area contributed by atoms with Crippen LogP contribution < -0.4 is 10.6 Å². The Morgan fingerprint density at radius 2 is 1.77 bits per heavy atom. The number of quaternary nitrogens is 1. The summed E-state index contributed by atoms with van der Waals surface area (Å²) in [4.78, 5) is 12.1. The van der Waals surface area contributed by atoms with E-state index in [1.807, 2.05) is 0 Å². The normalized spacial score (nSPS) is 19.0. The van der Waals surface area contributed by atoms with Crippen LogP contribution >= 0.6 is 23.2 Å². The van der Waals surface area contributed by atoms with Crippen LogP contribution in [-0.2, 0) is 14.8 Å². The molecule has 1 heterocycles. The largest absolute Gasteiger partial charge is 0.365 e. The lowest BCUT2D eigenvalue weighted by molar-refractivity contribution is -0.917. The maximum atomic E-state index is 12.7. The lowest BCUT2D eigenvalue weighted by Gasteiger charge is -2.33. The van der Waals surface area contributed by atoms with Crippen LogP contribution in [0.3, 0.4) is 0 Å². The maximum Gasteiger partial charge on any atom is 0.275 e. The van der Waals surface area contributed by atoms with Crippen molar-refractivity contribution in [3.05, 3.63) is 28.2 Å². The Bertz CT molecular complexity index is 653. The van der Waals surface area contributed by atoms with Gasteiger partial charge in [0, 0.05) is 0 Å². The molecule has 1 atom stereocenters. The molecule has 1 aliphatic rings. The van der Waals surface area contributed by atoms with Gasteiger partial charge < -0.3 is 10.6 Å². The van der Waals surface area contributed by atoms with Crippen molar-refractivity contribution in [3.8, 4) is 0 Å². The number of carbonyl (C=O) groups excluding carboxylic acids is 1. The summed E-state index contributed by atoms with van der Waals surface area (Å²) >= 11 is 12.0. The fourth-order valence-electron chi connectivity index (χ4n) is 2.51. The standard InChI is InChI=1S/C13H17Cl2N3O3S/c1-9(13(16)19)17-5-7-18(8-6-17)22(20,21)12-10(14)3-2-4-11(12)15/h2-4,9H,5-8H2,1H3,(H2,16,19)/p+1/t9-/m1/s1. The third kappa shape index (κ3) is 3.38. The second-order valence-electron chi connectivity index (χ2n) is 5.24. The molecule has 22 heavy (non-hydrogen) atoms. The average molecular weight is 367 g/mol. The molecule has 0 radical (unpaired) electrons. The minimum Gasteiger partial charge on any atom is -0.365 e. The zero-order valence-corrected chi connectivity index (χ0v) is 14.4. The average Bonchev–Trinajstić information content (AvgIpc) is 2.46. The van der Waals surface area contributed by atoms with Gasteiger partial charge in [-0.1, -0.05) is 29.3 Å². The van der Waals surface area contributed by atoms with Crippen molar-refractivity contribution < 1.29 is 18.1 Å². The van der Waals surface area contributed by atoms with Crippen molar-refractivity contribution in [1.29, 1.82) is 0 Å². The second-order valence-corrected chi connectivity index (χ2v) is 7.93. The molecule has 0 saturated carbocycles. The van der Waals surface area contributed by atoms with E-state index in [0.717, 1.165) is 4.90 Å². The monoisotopic (exact) mass is 366 g/mol.